The number of rotatable bonds is 4. The van der Waals surface area contributed by atoms with Crippen molar-refractivity contribution in [1.29, 1.82) is 0 Å². The van der Waals surface area contributed by atoms with Crippen LogP contribution in [0.3, 0.4) is 0 Å². The highest BCUT2D eigenvalue weighted by Crippen LogP contribution is 2.50. The minimum atomic E-state index is 0.912. The van der Waals surface area contributed by atoms with E-state index in [1.54, 1.807) is 0 Å². The third-order valence-electron chi connectivity index (χ3n) is 12.6. The van der Waals surface area contributed by atoms with Crippen molar-refractivity contribution in [3.63, 3.8) is 0 Å². The summed E-state index contributed by atoms with van der Waals surface area (Å²) in [5.41, 5.74) is 11.9. The van der Waals surface area contributed by atoms with Crippen molar-refractivity contribution in [2.75, 3.05) is 0 Å². The van der Waals surface area contributed by atoms with Gasteiger partial charge in [-0.3, -0.25) is 0 Å². The zero-order valence-corrected chi connectivity index (χ0v) is 33.3. The van der Waals surface area contributed by atoms with Crippen molar-refractivity contribution >= 4 is 96.5 Å². The van der Waals surface area contributed by atoms with Gasteiger partial charge < -0.3 is 4.42 Å². The molecule has 2 heteroatoms. The molecule has 0 aliphatic heterocycles. The number of thiophene rings is 1. The summed E-state index contributed by atoms with van der Waals surface area (Å²) >= 11 is 1.91. The third kappa shape index (κ3) is 4.86. The van der Waals surface area contributed by atoms with E-state index >= 15 is 0 Å². The Bertz CT molecular complexity index is 3770. The molecule has 0 saturated carbocycles. The first-order valence-corrected chi connectivity index (χ1v) is 21.4. The fourth-order valence-corrected chi connectivity index (χ4v) is 11.4. The summed E-state index contributed by atoms with van der Waals surface area (Å²) in [4.78, 5) is 0. The normalized spacial score (nSPS) is 12.0. The van der Waals surface area contributed by atoms with E-state index in [2.05, 4.69) is 200 Å². The maximum Gasteiger partial charge on any atom is 0.135 e. The van der Waals surface area contributed by atoms with E-state index in [-0.39, 0.29) is 0 Å². The molecule has 0 amide bonds. The Balaban J connectivity index is 1.04. The number of furan rings is 1. The van der Waals surface area contributed by atoms with Crippen molar-refractivity contribution in [3.8, 4) is 44.5 Å². The average molecular weight is 779 g/mol. The second kappa shape index (κ2) is 13.0. The molecule has 278 valence electrons. The molecule has 11 aromatic carbocycles. The Hall–Kier alpha value is -7.52. The minimum absolute atomic E-state index is 0.912. The van der Waals surface area contributed by atoms with Crippen molar-refractivity contribution < 1.29 is 4.42 Å². The molecule has 0 bridgehead atoms. The Morgan fingerprint density at radius 3 is 1.32 bits per heavy atom. The van der Waals surface area contributed by atoms with Gasteiger partial charge in [-0.15, -0.1) is 11.3 Å². The Labute approximate surface area is 350 Å². The number of hydrogen-bond donors (Lipinski definition) is 0. The van der Waals surface area contributed by atoms with Crippen LogP contribution < -0.4 is 0 Å². The van der Waals surface area contributed by atoms with Gasteiger partial charge in [-0.05, 0) is 106 Å². The van der Waals surface area contributed by atoms with Crippen LogP contribution in [0.25, 0.3) is 130 Å². The van der Waals surface area contributed by atoms with E-state index in [1.165, 1.54) is 108 Å². The second-order valence-electron chi connectivity index (χ2n) is 15.9. The molecular formula is C58H34OS. The van der Waals surface area contributed by atoms with E-state index in [4.69, 9.17) is 4.42 Å². The summed E-state index contributed by atoms with van der Waals surface area (Å²) in [7, 11) is 0. The minimum Gasteiger partial charge on any atom is -0.456 e. The second-order valence-corrected chi connectivity index (χ2v) is 16.9. The molecule has 0 fully saturated rings. The maximum absolute atomic E-state index is 6.25. The first kappa shape index (κ1) is 33.5. The number of hydrogen-bond acceptors (Lipinski definition) is 2. The lowest BCUT2D eigenvalue weighted by molar-refractivity contribution is 0.669. The predicted molar refractivity (Wildman–Crippen MR) is 258 cm³/mol. The summed E-state index contributed by atoms with van der Waals surface area (Å²) in [6.45, 7) is 0. The van der Waals surface area contributed by atoms with Crippen LogP contribution in [0.15, 0.2) is 211 Å². The van der Waals surface area contributed by atoms with Crippen LogP contribution in [0.2, 0.25) is 0 Å². The van der Waals surface area contributed by atoms with Gasteiger partial charge in [0.25, 0.3) is 0 Å². The van der Waals surface area contributed by atoms with Crippen LogP contribution in [-0.4, -0.2) is 0 Å². The Morgan fingerprint density at radius 2 is 0.717 bits per heavy atom. The smallest absolute Gasteiger partial charge is 0.135 e. The summed E-state index contributed by atoms with van der Waals surface area (Å²) in [6, 6.07) is 75.7. The van der Waals surface area contributed by atoms with Gasteiger partial charge in [0.05, 0.1) is 0 Å². The molecule has 0 aliphatic carbocycles. The molecule has 0 N–H and O–H groups in total. The van der Waals surface area contributed by atoms with Crippen LogP contribution in [0, 0.1) is 0 Å². The van der Waals surface area contributed by atoms with Gasteiger partial charge in [-0.25, -0.2) is 0 Å². The molecule has 2 aromatic heterocycles. The third-order valence-corrected chi connectivity index (χ3v) is 13.8. The molecule has 2 heterocycles. The molecule has 0 unspecified atom stereocenters. The summed E-state index contributed by atoms with van der Waals surface area (Å²) in [5.74, 6) is 0. The first-order valence-electron chi connectivity index (χ1n) is 20.6. The molecule has 0 saturated heterocycles. The summed E-state index contributed by atoms with van der Waals surface area (Å²) in [6.07, 6.45) is 0. The fourth-order valence-electron chi connectivity index (χ4n) is 10.1. The molecule has 0 spiro atoms. The largest absolute Gasteiger partial charge is 0.456 e. The molecule has 13 aromatic rings. The van der Waals surface area contributed by atoms with Gasteiger partial charge in [0.15, 0.2) is 0 Å². The lowest BCUT2D eigenvalue weighted by Gasteiger charge is -2.18. The average Bonchev–Trinajstić information content (AvgIpc) is 3.88. The van der Waals surface area contributed by atoms with Gasteiger partial charge >= 0.3 is 0 Å². The maximum atomic E-state index is 6.25. The van der Waals surface area contributed by atoms with Gasteiger partial charge in [-0.1, -0.05) is 182 Å². The van der Waals surface area contributed by atoms with E-state index in [9.17, 15) is 0 Å². The quantitative estimate of drug-likeness (QED) is 0.162. The molecule has 60 heavy (non-hydrogen) atoms. The molecule has 0 radical (unpaired) electrons. The highest BCUT2D eigenvalue weighted by atomic mass is 32.1. The van der Waals surface area contributed by atoms with Crippen LogP contribution in [0.5, 0.6) is 0 Å². The topological polar surface area (TPSA) is 13.1 Å². The zero-order chi connectivity index (χ0) is 39.3. The van der Waals surface area contributed by atoms with Crippen molar-refractivity contribution in [1.82, 2.24) is 0 Å². The first-order chi connectivity index (χ1) is 29.8. The van der Waals surface area contributed by atoms with Gasteiger partial charge in [0.2, 0.25) is 0 Å². The predicted octanol–water partition coefficient (Wildman–Crippen LogP) is 17.2. The van der Waals surface area contributed by atoms with Crippen LogP contribution >= 0.6 is 11.3 Å². The number of fused-ring (bicyclic) bond motifs is 10. The zero-order valence-electron chi connectivity index (χ0n) is 32.4. The molecule has 1 nitrogen and oxygen atoms in total. The van der Waals surface area contributed by atoms with E-state index in [1.807, 2.05) is 17.4 Å². The highest BCUT2D eigenvalue weighted by molar-refractivity contribution is 7.26. The molecule has 13 rings (SSSR count). The van der Waals surface area contributed by atoms with E-state index < -0.39 is 0 Å². The fraction of sp³-hybridized carbons (Fsp3) is 0. The molecule has 0 atom stereocenters. The monoisotopic (exact) mass is 778 g/mol. The van der Waals surface area contributed by atoms with Gasteiger partial charge in [-0.2, -0.15) is 0 Å². The van der Waals surface area contributed by atoms with Gasteiger partial charge in [0, 0.05) is 36.5 Å². The SMILES string of the molecule is c1ccc(-c2c3ccccc3c(-c3ccc4c(c3)sc3c(-c5c6ccccc6c(-c6ccc7oc8ccccc8c7c6)c6ccccc56)cccc34)c3ccccc23)cc1. The standard InChI is InChI=1S/C58H34OS/c1-2-15-35(16-3-1)54-40-18-4-6-20-42(40)56(43-21-7-5-19-41(43)54)37-29-31-39-48-26-14-27-49(58(48)60-53(39)34-37)57-46-24-10-8-22-44(46)55(45-23-9-11-25-47(45)57)36-30-32-52-50(33-36)38-17-12-13-28-51(38)59-52/h1-34H. The molecule has 0 aliphatic rings. The molecular weight excluding hydrogens is 745 g/mol. The summed E-state index contributed by atoms with van der Waals surface area (Å²) in [5, 5.41) is 15.0. The number of benzene rings is 11. The van der Waals surface area contributed by atoms with Crippen LogP contribution in [-0.2, 0) is 0 Å². The van der Waals surface area contributed by atoms with Crippen molar-refractivity contribution in [2.24, 2.45) is 0 Å². The Kier molecular flexibility index (Phi) is 7.24. The van der Waals surface area contributed by atoms with Crippen LogP contribution in [0.4, 0.5) is 0 Å². The Morgan fingerprint density at radius 1 is 0.267 bits per heavy atom. The summed E-state index contributed by atoms with van der Waals surface area (Å²) < 4.78 is 8.86. The van der Waals surface area contributed by atoms with Crippen molar-refractivity contribution in [2.45, 2.75) is 0 Å². The number of para-hydroxylation sites is 1. The van der Waals surface area contributed by atoms with E-state index in [0.717, 1.165) is 21.9 Å². The van der Waals surface area contributed by atoms with Gasteiger partial charge in [0.1, 0.15) is 11.2 Å². The van der Waals surface area contributed by atoms with E-state index in [0.29, 0.717) is 0 Å². The van der Waals surface area contributed by atoms with Crippen molar-refractivity contribution in [3.05, 3.63) is 206 Å². The highest BCUT2D eigenvalue weighted by Gasteiger charge is 2.22. The van der Waals surface area contributed by atoms with Crippen LogP contribution in [0.1, 0.15) is 0 Å². The lowest BCUT2D eigenvalue weighted by atomic mass is 9.85. The lowest BCUT2D eigenvalue weighted by Crippen LogP contribution is -1.91.